The molecule has 0 spiro atoms. The molecular weight excluding hydrogens is 320 g/mol. The molecule has 0 aliphatic heterocycles. The Balaban J connectivity index is 0.000000242. The van der Waals surface area contributed by atoms with Gasteiger partial charge in [-0.3, -0.25) is 0 Å². The van der Waals surface area contributed by atoms with Crippen molar-refractivity contribution < 1.29 is 19.8 Å². The van der Waals surface area contributed by atoms with Crippen LogP contribution in [0.25, 0.3) is 11.3 Å². The smallest absolute Gasteiger partial charge is 0.328 e. The molecule has 1 aliphatic carbocycles. The minimum absolute atomic E-state index is 0.558. The average Bonchev–Trinajstić information content (AvgIpc) is 2.87. The summed E-state index contributed by atoms with van der Waals surface area (Å²) in [6, 6.07) is 11.0. The Labute approximate surface area is 146 Å². The van der Waals surface area contributed by atoms with Crippen LogP contribution in [0, 0.1) is 0 Å². The quantitative estimate of drug-likeness (QED) is 0.740. The summed E-state index contributed by atoms with van der Waals surface area (Å²) in [7, 11) is 0. The summed E-state index contributed by atoms with van der Waals surface area (Å²) in [5.74, 6) is -2.51. The summed E-state index contributed by atoms with van der Waals surface area (Å²) in [6.45, 7) is 1.60. The Kier molecular flexibility index (Phi) is 6.54. The molecule has 2 aromatic rings. The summed E-state index contributed by atoms with van der Waals surface area (Å²) in [4.78, 5) is 19.1. The number of nitrogens with two attached hydrogens (primary N) is 1. The van der Waals surface area contributed by atoms with Gasteiger partial charge in [-0.05, 0) is 36.5 Å². The molecule has 6 nitrogen and oxygen atoms in total. The van der Waals surface area contributed by atoms with Crippen molar-refractivity contribution in [1.29, 1.82) is 0 Å². The van der Waals surface area contributed by atoms with Crippen LogP contribution >= 0.6 is 0 Å². The summed E-state index contributed by atoms with van der Waals surface area (Å²) in [6.07, 6.45) is 6.91. The van der Waals surface area contributed by atoms with E-state index in [1.54, 1.807) is 0 Å². The largest absolute Gasteiger partial charge is 0.478 e. The number of nitrogens with zero attached hydrogens (tertiary/aromatic N) is 1. The highest BCUT2D eigenvalue weighted by atomic mass is 16.4. The first-order valence-electron chi connectivity index (χ1n) is 8.13. The number of aryl methyl sites for hydroxylation is 2. The molecular formula is C19H22N2O4. The number of hydrogen-bond acceptors (Lipinski definition) is 3. The fraction of sp³-hybridized carbons (Fsp3) is 0.263. The predicted molar refractivity (Wildman–Crippen MR) is 95.4 cm³/mol. The normalized spacial score (nSPS) is 12.5. The second-order valence-electron chi connectivity index (χ2n) is 5.69. The third-order valence-electron chi connectivity index (χ3n) is 3.95. The predicted octanol–water partition coefficient (Wildman–Crippen LogP) is 2.31. The second-order valence-corrected chi connectivity index (χ2v) is 5.69. The minimum atomic E-state index is -1.26. The molecule has 1 heterocycles. The van der Waals surface area contributed by atoms with Gasteiger partial charge < -0.3 is 20.5 Å². The van der Waals surface area contributed by atoms with E-state index >= 15 is 0 Å². The third-order valence-corrected chi connectivity index (χ3v) is 3.95. The fourth-order valence-electron chi connectivity index (χ4n) is 2.95. The van der Waals surface area contributed by atoms with E-state index in [0.717, 1.165) is 6.54 Å². The number of aromatic nitrogens is 1. The van der Waals surface area contributed by atoms with Crippen LogP contribution < -0.4 is 5.73 Å². The van der Waals surface area contributed by atoms with E-state index in [2.05, 4.69) is 41.1 Å². The van der Waals surface area contributed by atoms with E-state index < -0.39 is 11.9 Å². The van der Waals surface area contributed by atoms with Gasteiger partial charge in [-0.2, -0.15) is 0 Å². The number of carbonyl (C=O) groups is 2. The van der Waals surface area contributed by atoms with Crippen LogP contribution in [0.5, 0.6) is 0 Å². The lowest BCUT2D eigenvalue weighted by atomic mass is 10.0. The third kappa shape index (κ3) is 5.06. The summed E-state index contributed by atoms with van der Waals surface area (Å²) >= 11 is 0. The molecule has 0 saturated carbocycles. The lowest BCUT2D eigenvalue weighted by molar-refractivity contribution is -0.134. The SMILES string of the molecule is NCCn1ccc2c1-c1ccccc1CCC2.O=C(O)C=CC(=O)O. The summed E-state index contributed by atoms with van der Waals surface area (Å²) < 4.78 is 2.31. The number of rotatable bonds is 4. The molecule has 0 fully saturated rings. The minimum Gasteiger partial charge on any atom is -0.478 e. The van der Waals surface area contributed by atoms with E-state index in [9.17, 15) is 9.59 Å². The van der Waals surface area contributed by atoms with Crippen LogP contribution in [0.1, 0.15) is 17.5 Å². The highest BCUT2D eigenvalue weighted by molar-refractivity contribution is 5.89. The highest BCUT2D eigenvalue weighted by Gasteiger charge is 2.17. The van der Waals surface area contributed by atoms with Crippen molar-refractivity contribution in [3.05, 3.63) is 59.8 Å². The van der Waals surface area contributed by atoms with Gasteiger partial charge in [-0.25, -0.2) is 9.59 Å². The van der Waals surface area contributed by atoms with Gasteiger partial charge in [0.1, 0.15) is 0 Å². The van der Waals surface area contributed by atoms with Crippen molar-refractivity contribution in [2.45, 2.75) is 25.8 Å². The summed E-state index contributed by atoms with van der Waals surface area (Å²) in [5, 5.41) is 15.6. The van der Waals surface area contributed by atoms with Crippen LogP contribution in [0.3, 0.4) is 0 Å². The van der Waals surface area contributed by atoms with E-state index in [1.165, 1.54) is 41.6 Å². The van der Waals surface area contributed by atoms with Gasteiger partial charge >= 0.3 is 11.9 Å². The van der Waals surface area contributed by atoms with Crippen molar-refractivity contribution in [3.63, 3.8) is 0 Å². The van der Waals surface area contributed by atoms with Gasteiger partial charge in [-0.1, -0.05) is 24.3 Å². The molecule has 3 rings (SSSR count). The number of hydrogen-bond donors (Lipinski definition) is 3. The number of aliphatic carboxylic acids is 2. The lowest BCUT2D eigenvalue weighted by Crippen LogP contribution is -2.10. The maximum Gasteiger partial charge on any atom is 0.328 e. The fourth-order valence-corrected chi connectivity index (χ4v) is 2.95. The van der Waals surface area contributed by atoms with Gasteiger partial charge in [-0.15, -0.1) is 0 Å². The van der Waals surface area contributed by atoms with E-state index in [0.29, 0.717) is 18.7 Å². The van der Waals surface area contributed by atoms with E-state index in [1.807, 2.05) is 0 Å². The molecule has 0 radical (unpaired) electrons. The standard InChI is InChI=1S/C15H18N2.C4H4O4/c16-9-11-17-10-8-13-6-3-5-12-4-1-2-7-14(12)15(13)17;5-3(6)1-2-4(7)8/h1-2,4,7-8,10H,3,5-6,9,11,16H2;1-2H,(H,5,6)(H,7,8). The molecule has 1 aliphatic rings. The summed E-state index contributed by atoms with van der Waals surface area (Å²) in [5.41, 5.74) is 11.4. The van der Waals surface area contributed by atoms with Crippen LogP contribution in [0.15, 0.2) is 48.7 Å². The first-order chi connectivity index (χ1) is 12.0. The number of carboxylic acid groups (broad SMARTS) is 2. The number of carboxylic acids is 2. The van der Waals surface area contributed by atoms with Crippen LogP contribution in [-0.4, -0.2) is 33.3 Å². The molecule has 25 heavy (non-hydrogen) atoms. The van der Waals surface area contributed by atoms with Crippen molar-refractivity contribution in [1.82, 2.24) is 4.57 Å². The zero-order valence-electron chi connectivity index (χ0n) is 13.9. The zero-order chi connectivity index (χ0) is 18.2. The maximum absolute atomic E-state index is 9.55. The average molecular weight is 342 g/mol. The topological polar surface area (TPSA) is 106 Å². The van der Waals surface area contributed by atoms with Gasteiger partial charge in [0.2, 0.25) is 0 Å². The zero-order valence-corrected chi connectivity index (χ0v) is 13.9. The Bertz CT molecular complexity index is 761. The Morgan fingerprint density at radius 2 is 1.68 bits per heavy atom. The first-order valence-corrected chi connectivity index (χ1v) is 8.13. The second kappa shape index (κ2) is 8.84. The van der Waals surface area contributed by atoms with Crippen LogP contribution in [0.4, 0.5) is 0 Å². The van der Waals surface area contributed by atoms with Crippen LogP contribution in [0.2, 0.25) is 0 Å². The lowest BCUT2D eigenvalue weighted by Gasteiger charge is -2.11. The highest BCUT2D eigenvalue weighted by Crippen LogP contribution is 2.33. The Morgan fingerprint density at radius 1 is 1.04 bits per heavy atom. The first kappa shape index (κ1) is 18.5. The molecule has 4 N–H and O–H groups in total. The molecule has 0 amide bonds. The molecule has 0 atom stereocenters. The number of fused-ring (bicyclic) bond motifs is 3. The van der Waals surface area contributed by atoms with Crippen molar-refractivity contribution >= 4 is 11.9 Å². The molecule has 0 bridgehead atoms. The molecule has 6 heteroatoms. The molecule has 0 saturated heterocycles. The van der Waals surface area contributed by atoms with Crippen LogP contribution in [-0.2, 0) is 29.0 Å². The van der Waals surface area contributed by atoms with Gasteiger partial charge in [0, 0.05) is 37.0 Å². The van der Waals surface area contributed by atoms with Gasteiger partial charge in [0.15, 0.2) is 0 Å². The van der Waals surface area contributed by atoms with Crippen molar-refractivity contribution in [2.75, 3.05) is 6.54 Å². The van der Waals surface area contributed by atoms with Crippen molar-refractivity contribution in [3.8, 4) is 11.3 Å². The maximum atomic E-state index is 9.55. The Morgan fingerprint density at radius 3 is 2.32 bits per heavy atom. The van der Waals surface area contributed by atoms with E-state index in [-0.39, 0.29) is 0 Å². The van der Waals surface area contributed by atoms with Gasteiger partial charge in [0.25, 0.3) is 0 Å². The Hall–Kier alpha value is -2.86. The van der Waals surface area contributed by atoms with Gasteiger partial charge in [0.05, 0.1) is 5.69 Å². The van der Waals surface area contributed by atoms with E-state index in [4.69, 9.17) is 15.9 Å². The molecule has 0 unspecified atom stereocenters. The molecule has 132 valence electrons. The molecule has 1 aromatic carbocycles. The molecule has 1 aromatic heterocycles. The van der Waals surface area contributed by atoms with Crippen molar-refractivity contribution in [2.24, 2.45) is 5.73 Å². The monoisotopic (exact) mass is 342 g/mol. The number of benzene rings is 1.